The van der Waals surface area contributed by atoms with Crippen LogP contribution < -0.4 is 5.73 Å². The van der Waals surface area contributed by atoms with Gasteiger partial charge in [-0.1, -0.05) is 6.92 Å². The summed E-state index contributed by atoms with van der Waals surface area (Å²) in [5.41, 5.74) is 5.22. The Bertz CT molecular complexity index is 251. The van der Waals surface area contributed by atoms with E-state index in [1.165, 1.54) is 4.90 Å². The third kappa shape index (κ3) is 1.36. The maximum Gasteiger partial charge on any atom is 0.321 e. The molecule has 1 saturated heterocycles. The third-order valence-corrected chi connectivity index (χ3v) is 2.72. The van der Waals surface area contributed by atoms with E-state index >= 15 is 0 Å². The van der Waals surface area contributed by atoms with Crippen molar-refractivity contribution in [3.63, 3.8) is 0 Å². The van der Waals surface area contributed by atoms with Gasteiger partial charge in [0.05, 0.1) is 6.20 Å². The Labute approximate surface area is 78.0 Å². The Morgan fingerprint density at radius 1 is 1.62 bits per heavy atom. The van der Waals surface area contributed by atoms with Crippen LogP contribution in [0.25, 0.3) is 0 Å². The summed E-state index contributed by atoms with van der Waals surface area (Å²) in [7, 11) is 0. The zero-order chi connectivity index (χ0) is 9.42. The van der Waals surface area contributed by atoms with Crippen LogP contribution in [0.15, 0.2) is 6.20 Å². The van der Waals surface area contributed by atoms with E-state index in [1.807, 2.05) is 6.20 Å². The molecule has 71 valence electrons. The number of nitrogens with zero attached hydrogens (tertiary/aromatic N) is 2. The molecule has 2 atom stereocenters. The zero-order valence-electron chi connectivity index (χ0n) is 7.73. The van der Waals surface area contributed by atoms with Crippen LogP contribution in [0.3, 0.4) is 0 Å². The van der Waals surface area contributed by atoms with E-state index in [4.69, 9.17) is 5.73 Å². The second-order valence-electron chi connectivity index (χ2n) is 3.83. The smallest absolute Gasteiger partial charge is 0.321 e. The van der Waals surface area contributed by atoms with Crippen molar-refractivity contribution in [3.8, 4) is 0 Å². The van der Waals surface area contributed by atoms with Gasteiger partial charge in [0.15, 0.2) is 0 Å². The van der Waals surface area contributed by atoms with Gasteiger partial charge >= 0.3 is 6.03 Å². The van der Waals surface area contributed by atoms with Crippen molar-refractivity contribution in [2.45, 2.75) is 25.9 Å². The van der Waals surface area contributed by atoms with Crippen molar-refractivity contribution in [2.75, 3.05) is 6.54 Å². The van der Waals surface area contributed by atoms with Crippen molar-refractivity contribution in [1.29, 1.82) is 0 Å². The van der Waals surface area contributed by atoms with Crippen molar-refractivity contribution in [2.24, 2.45) is 11.7 Å². The number of piperidine rings is 1. The first-order valence-corrected chi connectivity index (χ1v) is 4.62. The molecular weight excluding hydrogens is 166 g/mol. The van der Waals surface area contributed by atoms with Crippen LogP contribution in [0.1, 0.15) is 19.8 Å². The second kappa shape index (κ2) is 2.94. The molecule has 13 heavy (non-hydrogen) atoms. The molecule has 0 aliphatic carbocycles. The molecule has 1 fully saturated rings. The Kier molecular flexibility index (Phi) is 1.90. The monoisotopic (exact) mass is 180 g/mol. The first kappa shape index (κ1) is 8.41. The van der Waals surface area contributed by atoms with Crippen molar-refractivity contribution in [1.82, 2.24) is 9.80 Å². The third-order valence-electron chi connectivity index (χ3n) is 2.72. The largest absolute Gasteiger partial charge is 0.355 e. The lowest BCUT2D eigenvalue weighted by molar-refractivity contribution is 0.102. The molecule has 0 bridgehead atoms. The van der Waals surface area contributed by atoms with E-state index in [1.54, 1.807) is 0 Å². The minimum atomic E-state index is -0.404. The van der Waals surface area contributed by atoms with Gasteiger partial charge in [0, 0.05) is 12.7 Å². The van der Waals surface area contributed by atoms with Crippen LogP contribution in [0.2, 0.25) is 0 Å². The first-order chi connectivity index (χ1) is 6.18. The Balaban J connectivity index is 2.08. The quantitative estimate of drug-likeness (QED) is 0.597. The molecule has 2 amide bonds. The number of fused-ring (bicyclic) bond motifs is 1. The molecule has 1 radical (unpaired) electrons. The number of hydrogen-bond donors (Lipinski definition) is 1. The van der Waals surface area contributed by atoms with Crippen molar-refractivity contribution in [3.05, 3.63) is 12.4 Å². The van der Waals surface area contributed by atoms with Crippen LogP contribution >= 0.6 is 0 Å². The number of hydrogen-bond acceptors (Lipinski definition) is 2. The highest BCUT2D eigenvalue weighted by molar-refractivity contribution is 5.73. The molecule has 2 N–H and O–H groups in total. The maximum atomic E-state index is 11.0. The number of carbonyl (C=O) groups is 1. The number of primary amides is 1. The zero-order valence-corrected chi connectivity index (χ0v) is 7.73. The fourth-order valence-corrected chi connectivity index (χ4v) is 2.02. The Morgan fingerprint density at radius 2 is 2.38 bits per heavy atom. The van der Waals surface area contributed by atoms with Gasteiger partial charge in [-0.15, -0.1) is 0 Å². The number of rotatable bonds is 0. The van der Waals surface area contributed by atoms with Gasteiger partial charge in [-0.05, 0) is 18.8 Å². The van der Waals surface area contributed by atoms with E-state index in [2.05, 4.69) is 18.0 Å². The molecule has 2 rings (SSSR count). The number of amides is 2. The van der Waals surface area contributed by atoms with Crippen molar-refractivity contribution >= 4 is 6.03 Å². The maximum absolute atomic E-state index is 11.0. The van der Waals surface area contributed by atoms with E-state index in [9.17, 15) is 4.79 Å². The lowest BCUT2D eigenvalue weighted by Gasteiger charge is -2.37. The molecular formula is C9H14N3O. The van der Waals surface area contributed by atoms with E-state index in [0.29, 0.717) is 5.92 Å². The Hall–Kier alpha value is -1.19. The highest BCUT2D eigenvalue weighted by atomic mass is 16.2. The summed E-state index contributed by atoms with van der Waals surface area (Å²) in [6.07, 6.45) is 7.00. The Morgan fingerprint density at radius 3 is 3.08 bits per heavy atom. The molecule has 0 saturated carbocycles. The fraction of sp³-hybridized carbons (Fsp3) is 0.667. The predicted octanol–water partition coefficient (Wildman–Crippen LogP) is 0.713. The van der Waals surface area contributed by atoms with Crippen molar-refractivity contribution < 1.29 is 4.79 Å². The minimum absolute atomic E-state index is 0.133. The number of carbonyl (C=O) groups excluding carboxylic acids is 1. The van der Waals surface area contributed by atoms with Gasteiger partial charge in [0.2, 0.25) is 0 Å². The summed E-state index contributed by atoms with van der Waals surface area (Å²) in [4.78, 5) is 14.6. The van der Waals surface area contributed by atoms with E-state index in [0.717, 1.165) is 19.4 Å². The van der Waals surface area contributed by atoms with Gasteiger partial charge in [-0.2, -0.15) is 0 Å². The summed E-state index contributed by atoms with van der Waals surface area (Å²) >= 11 is 0. The van der Waals surface area contributed by atoms with Crippen LogP contribution in [0.5, 0.6) is 0 Å². The summed E-state index contributed by atoms with van der Waals surface area (Å²) in [5.74, 6) is 0.696. The lowest BCUT2D eigenvalue weighted by Crippen LogP contribution is -2.48. The second-order valence-corrected chi connectivity index (χ2v) is 3.83. The molecule has 2 aliphatic heterocycles. The average Bonchev–Trinajstić information content (AvgIpc) is 2.46. The van der Waals surface area contributed by atoms with Crippen LogP contribution in [-0.4, -0.2) is 28.5 Å². The molecule has 0 spiro atoms. The molecule has 0 aromatic rings. The molecule has 2 aliphatic rings. The minimum Gasteiger partial charge on any atom is -0.355 e. The lowest BCUT2D eigenvalue weighted by atomic mass is 9.98. The van der Waals surface area contributed by atoms with Gasteiger partial charge in [-0.25, -0.2) is 4.79 Å². The normalized spacial score (nSPS) is 32.1. The van der Waals surface area contributed by atoms with Gasteiger partial charge in [-0.3, -0.25) is 4.90 Å². The molecule has 4 heteroatoms. The predicted molar refractivity (Wildman–Crippen MR) is 48.1 cm³/mol. The SMILES string of the molecule is CC1CCC2N(C=[C]N2C(N)=O)C1. The summed E-state index contributed by atoms with van der Waals surface area (Å²) in [6, 6.07) is -0.404. The standard InChI is InChI=1S/C9H14N3O/c1-7-2-3-8-11(6-7)4-5-12(8)9(10)13/h4,7-8H,2-3,6H2,1H3,(H2,10,13). The average molecular weight is 180 g/mol. The van der Waals surface area contributed by atoms with E-state index < -0.39 is 6.03 Å². The number of urea groups is 1. The van der Waals surface area contributed by atoms with Crippen LogP contribution in [-0.2, 0) is 0 Å². The molecule has 2 unspecified atom stereocenters. The van der Waals surface area contributed by atoms with Crippen LogP contribution in [0, 0.1) is 12.1 Å². The highest BCUT2D eigenvalue weighted by Crippen LogP contribution is 2.27. The molecule has 2 heterocycles. The summed E-state index contributed by atoms with van der Waals surface area (Å²) in [6.45, 7) is 3.22. The van der Waals surface area contributed by atoms with Gasteiger partial charge < -0.3 is 10.6 Å². The summed E-state index contributed by atoms with van der Waals surface area (Å²) < 4.78 is 0. The highest BCUT2D eigenvalue weighted by Gasteiger charge is 2.33. The molecule has 0 aromatic heterocycles. The fourth-order valence-electron chi connectivity index (χ4n) is 2.02. The van der Waals surface area contributed by atoms with E-state index in [-0.39, 0.29) is 6.17 Å². The topological polar surface area (TPSA) is 49.6 Å². The number of nitrogens with two attached hydrogens (primary N) is 1. The molecule has 4 nitrogen and oxygen atoms in total. The first-order valence-electron chi connectivity index (χ1n) is 4.62. The molecule has 0 aromatic carbocycles. The van der Waals surface area contributed by atoms with Gasteiger partial charge in [0.25, 0.3) is 0 Å². The van der Waals surface area contributed by atoms with Crippen LogP contribution in [0.4, 0.5) is 4.79 Å². The van der Waals surface area contributed by atoms with Gasteiger partial charge in [0.1, 0.15) is 6.17 Å². The summed E-state index contributed by atoms with van der Waals surface area (Å²) in [5, 5.41) is 0.